The summed E-state index contributed by atoms with van der Waals surface area (Å²) < 4.78 is 1.85. The van der Waals surface area contributed by atoms with Crippen LogP contribution in [0.25, 0.3) is 0 Å². The number of rotatable bonds is 3. The Balaban J connectivity index is 2.00. The van der Waals surface area contributed by atoms with Gasteiger partial charge in [0.25, 0.3) is 0 Å². The van der Waals surface area contributed by atoms with Crippen molar-refractivity contribution in [3.05, 3.63) is 34.7 Å². The van der Waals surface area contributed by atoms with Crippen LogP contribution in [0, 0.1) is 5.92 Å². The van der Waals surface area contributed by atoms with Gasteiger partial charge in [0.05, 0.1) is 6.10 Å². The largest absolute Gasteiger partial charge is 0.391 e. The molecular formula is C10H13NO2. The first-order valence-electron chi connectivity index (χ1n) is 4.60. The molecule has 0 amide bonds. The molecule has 0 saturated heterocycles. The normalized spacial score (nSPS) is 18.5. The van der Waals surface area contributed by atoms with E-state index in [0.29, 0.717) is 12.5 Å². The molecule has 0 spiro atoms. The Morgan fingerprint density at radius 2 is 2.08 bits per heavy atom. The van der Waals surface area contributed by atoms with E-state index in [9.17, 15) is 9.90 Å². The molecule has 3 heteroatoms. The molecule has 3 nitrogen and oxygen atoms in total. The van der Waals surface area contributed by atoms with E-state index in [1.54, 1.807) is 12.4 Å². The van der Waals surface area contributed by atoms with Gasteiger partial charge in [0.15, 0.2) is 5.43 Å². The van der Waals surface area contributed by atoms with Gasteiger partial charge in [0.1, 0.15) is 0 Å². The first-order valence-corrected chi connectivity index (χ1v) is 4.60. The van der Waals surface area contributed by atoms with Gasteiger partial charge in [0.2, 0.25) is 0 Å². The topological polar surface area (TPSA) is 42.2 Å². The standard InChI is InChI=1S/C10H13NO2/c12-9-3-5-11(6-4-9)7-10(13)8-1-2-8/h3-6,8,10,13H,1-2,7H2. The summed E-state index contributed by atoms with van der Waals surface area (Å²) in [6, 6.07) is 3.03. The van der Waals surface area contributed by atoms with Crippen molar-refractivity contribution in [2.75, 3.05) is 0 Å². The summed E-state index contributed by atoms with van der Waals surface area (Å²) in [5, 5.41) is 9.61. The quantitative estimate of drug-likeness (QED) is 0.739. The molecule has 2 rings (SSSR count). The molecule has 0 bridgehead atoms. The minimum absolute atomic E-state index is 0.0113. The summed E-state index contributed by atoms with van der Waals surface area (Å²) in [6.07, 6.45) is 5.47. The van der Waals surface area contributed by atoms with Crippen molar-refractivity contribution in [1.82, 2.24) is 4.57 Å². The van der Waals surface area contributed by atoms with Crippen LogP contribution in [0.4, 0.5) is 0 Å². The molecule has 1 atom stereocenters. The molecule has 1 aromatic rings. The van der Waals surface area contributed by atoms with Crippen molar-refractivity contribution < 1.29 is 5.11 Å². The zero-order valence-electron chi connectivity index (χ0n) is 7.39. The molecule has 1 aliphatic carbocycles. The van der Waals surface area contributed by atoms with Gasteiger partial charge in [-0.3, -0.25) is 4.79 Å². The van der Waals surface area contributed by atoms with E-state index in [0.717, 1.165) is 12.8 Å². The van der Waals surface area contributed by atoms with Crippen LogP contribution in [0.5, 0.6) is 0 Å². The Bertz CT molecular complexity index is 321. The third-order valence-electron chi connectivity index (χ3n) is 2.42. The summed E-state index contributed by atoms with van der Waals surface area (Å²) >= 11 is 0. The van der Waals surface area contributed by atoms with Gasteiger partial charge >= 0.3 is 0 Å². The van der Waals surface area contributed by atoms with E-state index in [4.69, 9.17) is 0 Å². The van der Waals surface area contributed by atoms with E-state index in [-0.39, 0.29) is 11.5 Å². The number of aliphatic hydroxyl groups excluding tert-OH is 1. The molecule has 1 aromatic heterocycles. The number of nitrogens with zero attached hydrogens (tertiary/aromatic N) is 1. The number of hydrogen-bond donors (Lipinski definition) is 1. The summed E-state index contributed by atoms with van der Waals surface area (Å²) in [5.74, 6) is 0.486. The molecule has 1 aliphatic rings. The van der Waals surface area contributed by atoms with E-state index >= 15 is 0 Å². The number of aliphatic hydroxyl groups is 1. The second-order valence-electron chi connectivity index (χ2n) is 3.64. The fourth-order valence-corrected chi connectivity index (χ4v) is 1.41. The maximum Gasteiger partial charge on any atom is 0.181 e. The van der Waals surface area contributed by atoms with Crippen LogP contribution in [0.2, 0.25) is 0 Å². The van der Waals surface area contributed by atoms with Crippen LogP contribution in [-0.2, 0) is 6.54 Å². The fourth-order valence-electron chi connectivity index (χ4n) is 1.41. The van der Waals surface area contributed by atoms with Crippen molar-refractivity contribution in [3.8, 4) is 0 Å². The smallest absolute Gasteiger partial charge is 0.181 e. The zero-order chi connectivity index (χ0) is 9.26. The van der Waals surface area contributed by atoms with Crippen LogP contribution < -0.4 is 5.43 Å². The predicted octanol–water partition coefficient (Wildman–Crippen LogP) is 0.619. The molecule has 1 heterocycles. The van der Waals surface area contributed by atoms with E-state index in [2.05, 4.69) is 0 Å². The van der Waals surface area contributed by atoms with E-state index in [1.807, 2.05) is 4.57 Å². The number of hydrogen-bond acceptors (Lipinski definition) is 2. The number of aromatic nitrogens is 1. The molecule has 0 aliphatic heterocycles. The van der Waals surface area contributed by atoms with Gasteiger partial charge in [-0.1, -0.05) is 0 Å². The zero-order valence-corrected chi connectivity index (χ0v) is 7.39. The van der Waals surface area contributed by atoms with Gasteiger partial charge in [-0.25, -0.2) is 0 Å². The predicted molar refractivity (Wildman–Crippen MR) is 49.4 cm³/mol. The second-order valence-corrected chi connectivity index (χ2v) is 3.64. The van der Waals surface area contributed by atoms with Gasteiger partial charge in [0, 0.05) is 31.1 Å². The lowest BCUT2D eigenvalue weighted by atomic mass is 10.2. The Kier molecular flexibility index (Phi) is 2.19. The summed E-state index contributed by atoms with van der Waals surface area (Å²) in [5.41, 5.74) is 0.0113. The molecule has 70 valence electrons. The minimum atomic E-state index is -0.248. The van der Waals surface area contributed by atoms with Crippen molar-refractivity contribution in [2.45, 2.75) is 25.5 Å². The highest BCUT2D eigenvalue weighted by Gasteiger charge is 2.29. The fraction of sp³-hybridized carbons (Fsp3) is 0.500. The lowest BCUT2D eigenvalue weighted by Crippen LogP contribution is -2.18. The maximum atomic E-state index is 10.8. The lowest BCUT2D eigenvalue weighted by Gasteiger charge is -2.11. The number of pyridine rings is 1. The summed E-state index contributed by atoms with van der Waals surface area (Å²) in [6.45, 7) is 0.602. The Labute approximate surface area is 76.6 Å². The van der Waals surface area contributed by atoms with Crippen LogP contribution >= 0.6 is 0 Å². The van der Waals surface area contributed by atoms with Crippen molar-refractivity contribution in [3.63, 3.8) is 0 Å². The maximum absolute atomic E-state index is 10.8. The molecular weight excluding hydrogens is 166 g/mol. The average Bonchev–Trinajstić information content (AvgIpc) is 2.91. The molecule has 1 saturated carbocycles. The first kappa shape index (κ1) is 8.51. The lowest BCUT2D eigenvalue weighted by molar-refractivity contribution is 0.131. The molecule has 1 fully saturated rings. The van der Waals surface area contributed by atoms with Gasteiger partial charge in [-0.05, 0) is 18.8 Å². The van der Waals surface area contributed by atoms with Gasteiger partial charge in [-0.2, -0.15) is 0 Å². The SMILES string of the molecule is O=c1ccn(CC(O)C2CC2)cc1. The highest BCUT2D eigenvalue weighted by atomic mass is 16.3. The van der Waals surface area contributed by atoms with Crippen LogP contribution in [0.15, 0.2) is 29.3 Å². The Morgan fingerprint density at radius 3 is 2.62 bits per heavy atom. The van der Waals surface area contributed by atoms with Crippen molar-refractivity contribution in [1.29, 1.82) is 0 Å². The molecule has 1 N–H and O–H groups in total. The Hall–Kier alpha value is -1.09. The highest BCUT2D eigenvalue weighted by molar-refractivity contribution is 4.94. The molecule has 0 aromatic carbocycles. The monoisotopic (exact) mass is 179 g/mol. The van der Waals surface area contributed by atoms with Crippen molar-refractivity contribution in [2.24, 2.45) is 5.92 Å². The van der Waals surface area contributed by atoms with Crippen LogP contribution in [0.3, 0.4) is 0 Å². The third kappa shape index (κ3) is 2.18. The highest BCUT2D eigenvalue weighted by Crippen LogP contribution is 2.32. The van der Waals surface area contributed by atoms with E-state index in [1.165, 1.54) is 12.1 Å². The Morgan fingerprint density at radius 1 is 1.46 bits per heavy atom. The molecule has 13 heavy (non-hydrogen) atoms. The van der Waals surface area contributed by atoms with Gasteiger partial charge in [-0.15, -0.1) is 0 Å². The van der Waals surface area contributed by atoms with Crippen molar-refractivity contribution >= 4 is 0 Å². The van der Waals surface area contributed by atoms with E-state index < -0.39 is 0 Å². The second kappa shape index (κ2) is 3.34. The first-order chi connectivity index (χ1) is 6.25. The van der Waals surface area contributed by atoms with Gasteiger partial charge < -0.3 is 9.67 Å². The summed E-state index contributed by atoms with van der Waals surface area (Å²) in [4.78, 5) is 10.8. The van der Waals surface area contributed by atoms with Crippen LogP contribution in [-0.4, -0.2) is 15.8 Å². The van der Waals surface area contributed by atoms with Crippen LogP contribution in [0.1, 0.15) is 12.8 Å². The third-order valence-corrected chi connectivity index (χ3v) is 2.42. The molecule has 0 radical (unpaired) electrons. The summed E-state index contributed by atoms with van der Waals surface area (Å²) in [7, 11) is 0. The minimum Gasteiger partial charge on any atom is -0.391 e. The molecule has 1 unspecified atom stereocenters. The average molecular weight is 179 g/mol.